The molecule has 0 aliphatic heterocycles. The van der Waals surface area contributed by atoms with Gasteiger partial charge in [0.1, 0.15) is 0 Å². The minimum Gasteiger partial charge on any atom is -0.408 e. The Bertz CT molecular complexity index is 844. The second-order valence-electron chi connectivity index (χ2n) is 4.94. The molecule has 0 bridgehead atoms. The zero-order valence-electron chi connectivity index (χ0n) is 11.5. The van der Waals surface area contributed by atoms with E-state index in [1.165, 1.54) is 0 Å². The summed E-state index contributed by atoms with van der Waals surface area (Å²) in [6.45, 7) is 2.00. The standard InChI is InChI=1S/C16H14N2O3/c1-10-2-4-11(5-3-10)8-15(19)17-12-6-7-14-13(9-12)18-16(20)21-14/h2-7,9H,8H2,1H3,(H,17,19)(H,18,20). The van der Waals surface area contributed by atoms with Crippen LogP contribution in [0.3, 0.4) is 0 Å². The van der Waals surface area contributed by atoms with Gasteiger partial charge in [0.25, 0.3) is 0 Å². The largest absolute Gasteiger partial charge is 0.417 e. The maximum Gasteiger partial charge on any atom is 0.417 e. The van der Waals surface area contributed by atoms with E-state index < -0.39 is 5.76 Å². The van der Waals surface area contributed by atoms with Gasteiger partial charge in [-0.05, 0) is 30.7 Å². The molecular weight excluding hydrogens is 268 g/mol. The average Bonchev–Trinajstić information content (AvgIpc) is 2.80. The normalized spacial score (nSPS) is 10.7. The molecule has 0 atom stereocenters. The number of amides is 1. The SMILES string of the molecule is Cc1ccc(CC(=O)Nc2ccc3oc(=O)[nH]c3c2)cc1. The summed E-state index contributed by atoms with van der Waals surface area (Å²) < 4.78 is 4.91. The van der Waals surface area contributed by atoms with E-state index in [1.54, 1.807) is 18.2 Å². The summed E-state index contributed by atoms with van der Waals surface area (Å²) in [5.74, 6) is -0.614. The molecule has 2 aromatic carbocycles. The van der Waals surface area contributed by atoms with E-state index in [9.17, 15) is 9.59 Å². The van der Waals surface area contributed by atoms with Crippen LogP contribution in [0.15, 0.2) is 51.7 Å². The summed E-state index contributed by atoms with van der Waals surface area (Å²) >= 11 is 0. The van der Waals surface area contributed by atoms with Gasteiger partial charge in [-0.3, -0.25) is 9.78 Å². The second-order valence-corrected chi connectivity index (χ2v) is 4.94. The highest BCUT2D eigenvalue weighted by atomic mass is 16.4. The van der Waals surface area contributed by atoms with Crippen molar-refractivity contribution >= 4 is 22.7 Å². The van der Waals surface area contributed by atoms with Crippen molar-refractivity contribution < 1.29 is 9.21 Å². The minimum absolute atomic E-state index is 0.107. The molecule has 5 nitrogen and oxygen atoms in total. The third-order valence-corrected chi connectivity index (χ3v) is 3.19. The van der Waals surface area contributed by atoms with Gasteiger partial charge in [0.05, 0.1) is 11.9 Å². The fraction of sp³-hybridized carbons (Fsp3) is 0.125. The van der Waals surface area contributed by atoms with Gasteiger partial charge in [0, 0.05) is 5.69 Å². The summed E-state index contributed by atoms with van der Waals surface area (Å²) in [6.07, 6.45) is 0.306. The minimum atomic E-state index is -0.506. The molecular formula is C16H14N2O3. The number of oxazole rings is 1. The zero-order chi connectivity index (χ0) is 14.8. The lowest BCUT2D eigenvalue weighted by Gasteiger charge is -2.05. The quantitative estimate of drug-likeness (QED) is 0.775. The molecule has 0 saturated carbocycles. The number of hydrogen-bond donors (Lipinski definition) is 2. The topological polar surface area (TPSA) is 75.1 Å². The molecule has 0 radical (unpaired) electrons. The summed E-state index contributed by atoms with van der Waals surface area (Å²) in [4.78, 5) is 25.6. The van der Waals surface area contributed by atoms with Crippen molar-refractivity contribution in [3.63, 3.8) is 0 Å². The van der Waals surface area contributed by atoms with Crippen LogP contribution in [0.5, 0.6) is 0 Å². The van der Waals surface area contributed by atoms with Crippen LogP contribution in [-0.4, -0.2) is 10.9 Å². The Hall–Kier alpha value is -2.82. The number of carbonyl (C=O) groups excluding carboxylic acids is 1. The summed E-state index contributed by atoms with van der Waals surface area (Å²) in [6, 6.07) is 12.8. The van der Waals surface area contributed by atoms with Crippen molar-refractivity contribution in [1.29, 1.82) is 0 Å². The number of carbonyl (C=O) groups is 1. The van der Waals surface area contributed by atoms with E-state index in [0.29, 0.717) is 23.2 Å². The van der Waals surface area contributed by atoms with E-state index in [1.807, 2.05) is 31.2 Å². The van der Waals surface area contributed by atoms with Gasteiger partial charge >= 0.3 is 5.76 Å². The summed E-state index contributed by atoms with van der Waals surface area (Å²) in [5.41, 5.74) is 3.77. The van der Waals surface area contributed by atoms with E-state index in [0.717, 1.165) is 11.1 Å². The van der Waals surface area contributed by atoms with Crippen LogP contribution in [0.2, 0.25) is 0 Å². The third-order valence-electron chi connectivity index (χ3n) is 3.19. The Morgan fingerprint density at radius 3 is 2.71 bits per heavy atom. The Morgan fingerprint density at radius 1 is 1.19 bits per heavy atom. The Labute approximate surface area is 120 Å². The number of anilines is 1. The number of benzene rings is 2. The summed E-state index contributed by atoms with van der Waals surface area (Å²) in [5, 5.41) is 2.80. The molecule has 3 aromatic rings. The first-order valence-corrected chi connectivity index (χ1v) is 6.58. The number of H-pyrrole nitrogens is 1. The van der Waals surface area contributed by atoms with Crippen LogP contribution >= 0.6 is 0 Å². The van der Waals surface area contributed by atoms with Gasteiger partial charge in [0.15, 0.2) is 5.58 Å². The summed E-state index contributed by atoms with van der Waals surface area (Å²) in [7, 11) is 0. The van der Waals surface area contributed by atoms with Crippen LogP contribution in [0.4, 0.5) is 5.69 Å². The predicted molar refractivity (Wildman–Crippen MR) is 80.3 cm³/mol. The van der Waals surface area contributed by atoms with Gasteiger partial charge in [-0.25, -0.2) is 4.79 Å². The number of aromatic nitrogens is 1. The monoisotopic (exact) mass is 282 g/mol. The fourth-order valence-electron chi connectivity index (χ4n) is 2.13. The van der Waals surface area contributed by atoms with Crippen LogP contribution in [0, 0.1) is 6.92 Å². The van der Waals surface area contributed by atoms with E-state index >= 15 is 0 Å². The first kappa shape index (κ1) is 13.2. The van der Waals surface area contributed by atoms with Gasteiger partial charge < -0.3 is 9.73 Å². The lowest BCUT2D eigenvalue weighted by Crippen LogP contribution is -2.14. The molecule has 0 aliphatic rings. The molecule has 1 amide bonds. The van der Waals surface area contributed by atoms with Crippen molar-refractivity contribution in [2.45, 2.75) is 13.3 Å². The van der Waals surface area contributed by atoms with Gasteiger partial charge in [-0.1, -0.05) is 29.8 Å². The highest BCUT2D eigenvalue weighted by Gasteiger charge is 2.06. The lowest BCUT2D eigenvalue weighted by atomic mass is 10.1. The van der Waals surface area contributed by atoms with Crippen LogP contribution in [0.25, 0.3) is 11.1 Å². The van der Waals surface area contributed by atoms with Gasteiger partial charge in [-0.15, -0.1) is 0 Å². The third kappa shape index (κ3) is 3.02. The molecule has 3 rings (SSSR count). The maximum atomic E-state index is 12.0. The van der Waals surface area contributed by atoms with Crippen molar-refractivity contribution in [3.8, 4) is 0 Å². The van der Waals surface area contributed by atoms with E-state index in [2.05, 4.69) is 10.3 Å². The zero-order valence-corrected chi connectivity index (χ0v) is 11.5. The number of fused-ring (bicyclic) bond motifs is 1. The number of rotatable bonds is 3. The number of nitrogens with one attached hydrogen (secondary N) is 2. The van der Waals surface area contributed by atoms with Crippen LogP contribution in [0.1, 0.15) is 11.1 Å². The molecule has 1 heterocycles. The average molecular weight is 282 g/mol. The molecule has 5 heteroatoms. The highest BCUT2D eigenvalue weighted by Crippen LogP contribution is 2.16. The van der Waals surface area contributed by atoms with Gasteiger partial charge in [-0.2, -0.15) is 0 Å². The molecule has 1 aromatic heterocycles. The van der Waals surface area contributed by atoms with Crippen molar-refractivity contribution in [3.05, 3.63) is 64.1 Å². The van der Waals surface area contributed by atoms with Crippen LogP contribution in [-0.2, 0) is 11.2 Å². The molecule has 0 aliphatic carbocycles. The maximum absolute atomic E-state index is 12.0. The Morgan fingerprint density at radius 2 is 1.95 bits per heavy atom. The van der Waals surface area contributed by atoms with Crippen molar-refractivity contribution in [2.24, 2.45) is 0 Å². The smallest absolute Gasteiger partial charge is 0.408 e. The molecule has 0 unspecified atom stereocenters. The number of aromatic amines is 1. The number of aryl methyl sites for hydroxylation is 1. The lowest BCUT2D eigenvalue weighted by molar-refractivity contribution is -0.115. The van der Waals surface area contributed by atoms with E-state index in [-0.39, 0.29) is 5.91 Å². The molecule has 0 fully saturated rings. The Balaban J connectivity index is 1.73. The molecule has 0 saturated heterocycles. The molecule has 2 N–H and O–H groups in total. The van der Waals surface area contributed by atoms with E-state index in [4.69, 9.17) is 4.42 Å². The fourth-order valence-corrected chi connectivity index (χ4v) is 2.13. The molecule has 106 valence electrons. The first-order chi connectivity index (χ1) is 10.1. The second kappa shape index (κ2) is 5.28. The Kier molecular flexibility index (Phi) is 3.31. The predicted octanol–water partition coefficient (Wildman–Crippen LogP) is 2.61. The molecule has 21 heavy (non-hydrogen) atoms. The molecule has 0 spiro atoms. The number of hydrogen-bond acceptors (Lipinski definition) is 3. The highest BCUT2D eigenvalue weighted by molar-refractivity contribution is 5.94. The van der Waals surface area contributed by atoms with Crippen molar-refractivity contribution in [1.82, 2.24) is 4.98 Å². The first-order valence-electron chi connectivity index (χ1n) is 6.58. The van der Waals surface area contributed by atoms with Crippen molar-refractivity contribution in [2.75, 3.05) is 5.32 Å². The van der Waals surface area contributed by atoms with Gasteiger partial charge in [0.2, 0.25) is 5.91 Å². The van der Waals surface area contributed by atoms with Crippen LogP contribution < -0.4 is 11.1 Å².